The Morgan fingerprint density at radius 3 is 1.87 bits per heavy atom. The number of allylic oxidation sites excluding steroid dienone is 2. The number of esters is 1. The molecule has 0 aliphatic heterocycles. The number of hydrogen-bond acceptors (Lipinski definition) is 6. The fourth-order valence-electron chi connectivity index (χ4n) is 2.79. The molecule has 0 heterocycles. The normalized spacial score (nSPS) is 10.7. The van der Waals surface area contributed by atoms with Crippen molar-refractivity contribution in [3.63, 3.8) is 0 Å². The number of rotatable bonds is 11. The molecule has 2 aromatic carbocycles. The molecule has 0 unspecified atom stereocenters. The minimum Gasteiger partial charge on any atom is -0.467 e. The summed E-state index contributed by atoms with van der Waals surface area (Å²) in [4.78, 5) is 11.6. The molecule has 0 saturated heterocycles. The highest BCUT2D eigenvalue weighted by molar-refractivity contribution is 5.89. The fourth-order valence-corrected chi connectivity index (χ4v) is 2.79. The minimum atomic E-state index is -0.359. The topological polar surface area (TPSA) is 63.2 Å². The van der Waals surface area contributed by atoms with Crippen LogP contribution in [-0.4, -0.2) is 40.9 Å². The molecule has 31 heavy (non-hydrogen) atoms. The lowest BCUT2D eigenvalue weighted by Crippen LogP contribution is -2.06. The van der Waals surface area contributed by atoms with E-state index in [9.17, 15) is 4.79 Å². The molecule has 0 N–H and O–H groups in total. The standard InChI is InChI=1S/C25H30O6/c1-18(2)6-13-22-23(30-16-27-3)14-20(15-24(22)31-17-28-4)8-7-19-9-11-21(12-10-19)25(26)29-5/h6-12,14-15H,13,16-17H2,1-5H3/b8-7+. The van der Waals surface area contributed by atoms with Gasteiger partial charge in [-0.05, 0) is 55.7 Å². The second kappa shape index (κ2) is 12.6. The van der Waals surface area contributed by atoms with Crippen LogP contribution >= 0.6 is 0 Å². The van der Waals surface area contributed by atoms with E-state index in [1.165, 1.54) is 12.7 Å². The molecule has 0 radical (unpaired) electrons. The Labute approximate surface area is 184 Å². The van der Waals surface area contributed by atoms with E-state index < -0.39 is 0 Å². The lowest BCUT2D eigenvalue weighted by atomic mass is 10.0. The average Bonchev–Trinajstić information content (AvgIpc) is 2.78. The predicted octanol–water partition coefficient (Wildman–Crippen LogP) is 5.12. The van der Waals surface area contributed by atoms with Crippen LogP contribution in [0.3, 0.4) is 0 Å². The van der Waals surface area contributed by atoms with E-state index in [4.69, 9.17) is 23.7 Å². The highest BCUT2D eigenvalue weighted by Crippen LogP contribution is 2.33. The average molecular weight is 427 g/mol. The second-order valence-corrected chi connectivity index (χ2v) is 7.03. The summed E-state index contributed by atoms with van der Waals surface area (Å²) in [6.07, 6.45) is 6.69. The summed E-state index contributed by atoms with van der Waals surface area (Å²) in [5, 5.41) is 0. The maximum absolute atomic E-state index is 11.6. The van der Waals surface area contributed by atoms with Crippen molar-refractivity contribution < 1.29 is 28.5 Å². The van der Waals surface area contributed by atoms with Gasteiger partial charge >= 0.3 is 5.97 Å². The Morgan fingerprint density at radius 2 is 1.39 bits per heavy atom. The maximum Gasteiger partial charge on any atom is 0.337 e. The highest BCUT2D eigenvalue weighted by Gasteiger charge is 2.13. The second-order valence-electron chi connectivity index (χ2n) is 7.03. The highest BCUT2D eigenvalue weighted by atomic mass is 16.7. The fraction of sp³-hybridized carbons (Fsp3) is 0.320. The van der Waals surface area contributed by atoms with Gasteiger partial charge in [0.2, 0.25) is 0 Å². The number of methoxy groups -OCH3 is 3. The lowest BCUT2D eigenvalue weighted by molar-refractivity contribution is 0.0448. The third-order valence-electron chi connectivity index (χ3n) is 4.37. The van der Waals surface area contributed by atoms with Crippen LogP contribution in [0.5, 0.6) is 11.5 Å². The zero-order chi connectivity index (χ0) is 22.6. The number of hydrogen-bond donors (Lipinski definition) is 0. The van der Waals surface area contributed by atoms with Crippen LogP contribution < -0.4 is 9.47 Å². The Hall–Kier alpha value is -3.09. The molecule has 0 saturated carbocycles. The van der Waals surface area contributed by atoms with E-state index in [0.717, 1.165) is 16.7 Å². The predicted molar refractivity (Wildman–Crippen MR) is 121 cm³/mol. The Kier molecular flexibility index (Phi) is 9.81. The lowest BCUT2D eigenvalue weighted by Gasteiger charge is -2.16. The van der Waals surface area contributed by atoms with E-state index in [-0.39, 0.29) is 19.6 Å². The molecule has 0 spiro atoms. The molecule has 6 heteroatoms. The first-order chi connectivity index (χ1) is 15.0. The molecule has 0 atom stereocenters. The molecule has 0 aromatic heterocycles. The minimum absolute atomic E-state index is 0.133. The van der Waals surface area contributed by atoms with Gasteiger partial charge in [-0.15, -0.1) is 0 Å². The van der Waals surface area contributed by atoms with E-state index in [1.807, 2.05) is 50.3 Å². The van der Waals surface area contributed by atoms with Crippen molar-refractivity contribution in [1.29, 1.82) is 0 Å². The van der Waals surface area contributed by atoms with Crippen molar-refractivity contribution in [2.45, 2.75) is 20.3 Å². The molecule has 2 rings (SSSR count). The molecule has 0 aliphatic rings. The van der Waals surface area contributed by atoms with Gasteiger partial charge in [0.05, 0.1) is 12.7 Å². The third-order valence-corrected chi connectivity index (χ3v) is 4.37. The van der Waals surface area contributed by atoms with E-state index in [2.05, 4.69) is 6.08 Å². The smallest absolute Gasteiger partial charge is 0.337 e. The first kappa shape index (κ1) is 24.2. The molecule has 0 bridgehead atoms. The molecular weight excluding hydrogens is 396 g/mol. The largest absolute Gasteiger partial charge is 0.467 e. The van der Waals surface area contributed by atoms with Crippen LogP contribution in [0.4, 0.5) is 0 Å². The van der Waals surface area contributed by atoms with Gasteiger partial charge in [-0.3, -0.25) is 0 Å². The van der Waals surface area contributed by atoms with Crippen LogP contribution in [0.15, 0.2) is 48.0 Å². The van der Waals surface area contributed by atoms with Gasteiger partial charge in [0.15, 0.2) is 13.6 Å². The monoisotopic (exact) mass is 426 g/mol. The zero-order valence-corrected chi connectivity index (χ0v) is 18.8. The van der Waals surface area contributed by atoms with Crippen molar-refractivity contribution in [1.82, 2.24) is 0 Å². The number of ether oxygens (including phenoxy) is 5. The van der Waals surface area contributed by atoms with E-state index in [0.29, 0.717) is 23.5 Å². The Balaban J connectivity index is 2.37. The summed E-state index contributed by atoms with van der Waals surface area (Å²) in [7, 11) is 4.53. The summed E-state index contributed by atoms with van der Waals surface area (Å²) in [6.45, 7) is 4.36. The molecule has 166 valence electrons. The van der Waals surface area contributed by atoms with Crippen molar-refractivity contribution in [2.75, 3.05) is 34.9 Å². The van der Waals surface area contributed by atoms with Gasteiger partial charge in [-0.25, -0.2) is 4.79 Å². The number of carbonyl (C=O) groups is 1. The summed E-state index contributed by atoms with van der Waals surface area (Å²) >= 11 is 0. The van der Waals surface area contributed by atoms with Gasteiger partial charge < -0.3 is 23.7 Å². The SMILES string of the molecule is COCOc1cc(/C=C/c2ccc(C(=O)OC)cc2)cc(OCOC)c1CC=C(C)C. The maximum atomic E-state index is 11.6. The first-order valence-corrected chi connectivity index (χ1v) is 9.88. The molecule has 0 aliphatic carbocycles. The molecular formula is C25H30O6. The van der Waals surface area contributed by atoms with Gasteiger partial charge in [0.25, 0.3) is 0 Å². The quantitative estimate of drug-likeness (QED) is 0.215. The van der Waals surface area contributed by atoms with E-state index in [1.54, 1.807) is 26.4 Å². The van der Waals surface area contributed by atoms with Crippen LogP contribution in [0.25, 0.3) is 12.2 Å². The van der Waals surface area contributed by atoms with Crippen molar-refractivity contribution >= 4 is 18.1 Å². The van der Waals surface area contributed by atoms with Crippen molar-refractivity contribution in [3.05, 3.63) is 70.3 Å². The summed E-state index contributed by atoms with van der Waals surface area (Å²) in [5.41, 5.74) is 4.48. The summed E-state index contributed by atoms with van der Waals surface area (Å²) < 4.78 is 26.6. The van der Waals surface area contributed by atoms with Crippen LogP contribution in [0.1, 0.15) is 40.9 Å². The summed E-state index contributed by atoms with van der Waals surface area (Å²) in [5.74, 6) is 1.02. The summed E-state index contributed by atoms with van der Waals surface area (Å²) in [6, 6.07) is 11.1. The number of benzene rings is 2. The first-order valence-electron chi connectivity index (χ1n) is 9.88. The van der Waals surface area contributed by atoms with Crippen molar-refractivity contribution in [2.24, 2.45) is 0 Å². The van der Waals surface area contributed by atoms with Gasteiger partial charge in [-0.2, -0.15) is 0 Å². The van der Waals surface area contributed by atoms with Gasteiger partial charge in [0, 0.05) is 19.8 Å². The number of carbonyl (C=O) groups excluding carboxylic acids is 1. The molecule has 6 nitrogen and oxygen atoms in total. The van der Waals surface area contributed by atoms with Crippen LogP contribution in [0, 0.1) is 0 Å². The molecule has 0 fully saturated rings. The Bertz CT molecular complexity index is 879. The zero-order valence-electron chi connectivity index (χ0n) is 18.8. The van der Waals surface area contributed by atoms with E-state index >= 15 is 0 Å². The van der Waals surface area contributed by atoms with Crippen molar-refractivity contribution in [3.8, 4) is 11.5 Å². The van der Waals surface area contributed by atoms with Gasteiger partial charge in [0.1, 0.15) is 11.5 Å². The Morgan fingerprint density at radius 1 is 0.839 bits per heavy atom. The van der Waals surface area contributed by atoms with Crippen LogP contribution in [-0.2, 0) is 20.6 Å². The van der Waals surface area contributed by atoms with Gasteiger partial charge in [-0.1, -0.05) is 35.9 Å². The third kappa shape index (κ3) is 7.59. The molecule has 2 aromatic rings. The van der Waals surface area contributed by atoms with Crippen LogP contribution in [0.2, 0.25) is 0 Å². The molecule has 0 amide bonds.